The first kappa shape index (κ1) is 12.9. The maximum absolute atomic E-state index is 5.99. The Labute approximate surface area is 120 Å². The van der Waals surface area contributed by atoms with Crippen LogP contribution in [0.15, 0.2) is 42.5 Å². The molecule has 0 aromatic heterocycles. The van der Waals surface area contributed by atoms with Gasteiger partial charge in [-0.15, -0.1) is 0 Å². The lowest BCUT2D eigenvalue weighted by atomic mass is 9.78. The summed E-state index contributed by atoms with van der Waals surface area (Å²) in [4.78, 5) is 2.05. The third kappa shape index (κ3) is 2.31. The maximum Gasteiger partial charge on any atom is 0.144 e. The van der Waals surface area contributed by atoms with Gasteiger partial charge in [0, 0.05) is 31.8 Å². The van der Waals surface area contributed by atoms with Crippen LogP contribution in [0.4, 0.5) is 11.4 Å². The highest BCUT2D eigenvalue weighted by Gasteiger charge is 2.26. The van der Waals surface area contributed by atoms with Crippen LogP contribution in [0.2, 0.25) is 0 Å². The molecule has 1 aliphatic rings. The number of ether oxygens (including phenoxy) is 1. The molecule has 0 saturated heterocycles. The minimum absolute atomic E-state index is 0.494. The maximum atomic E-state index is 5.99. The van der Waals surface area contributed by atoms with E-state index in [4.69, 9.17) is 10.5 Å². The summed E-state index contributed by atoms with van der Waals surface area (Å²) >= 11 is 0. The van der Waals surface area contributed by atoms with Crippen LogP contribution in [0.3, 0.4) is 0 Å². The van der Waals surface area contributed by atoms with E-state index in [1.54, 1.807) is 0 Å². The quantitative estimate of drug-likeness (QED) is 0.866. The standard InChI is InChI=1S/C17H20N2O/c1-19(2)14-7-8-16(18)17(10-14)20-11-13-9-12-5-3-4-6-15(12)13/h3-8,10,13H,9,11,18H2,1-2H3. The fourth-order valence-electron chi connectivity index (χ4n) is 2.63. The monoisotopic (exact) mass is 268 g/mol. The fraction of sp³-hybridized carbons (Fsp3) is 0.294. The van der Waals surface area contributed by atoms with Crippen molar-refractivity contribution in [2.45, 2.75) is 12.3 Å². The molecule has 2 N–H and O–H groups in total. The molecular weight excluding hydrogens is 248 g/mol. The van der Waals surface area contributed by atoms with E-state index in [9.17, 15) is 0 Å². The Hall–Kier alpha value is -2.16. The van der Waals surface area contributed by atoms with E-state index in [0.29, 0.717) is 18.2 Å². The van der Waals surface area contributed by atoms with Gasteiger partial charge in [-0.3, -0.25) is 0 Å². The van der Waals surface area contributed by atoms with Gasteiger partial charge in [0.2, 0.25) is 0 Å². The number of nitrogen functional groups attached to an aromatic ring is 1. The first-order chi connectivity index (χ1) is 9.65. The molecule has 0 radical (unpaired) electrons. The van der Waals surface area contributed by atoms with Crippen molar-refractivity contribution in [2.24, 2.45) is 0 Å². The summed E-state index contributed by atoms with van der Waals surface area (Å²) in [6.07, 6.45) is 1.10. The number of nitrogens with zero attached hydrogens (tertiary/aromatic N) is 1. The van der Waals surface area contributed by atoms with E-state index in [1.165, 1.54) is 11.1 Å². The van der Waals surface area contributed by atoms with Crippen molar-refractivity contribution in [1.29, 1.82) is 0 Å². The van der Waals surface area contributed by atoms with E-state index < -0.39 is 0 Å². The number of hydrogen-bond donors (Lipinski definition) is 1. The van der Waals surface area contributed by atoms with Gasteiger partial charge in [0.05, 0.1) is 12.3 Å². The van der Waals surface area contributed by atoms with Crippen LogP contribution in [0, 0.1) is 0 Å². The first-order valence-corrected chi connectivity index (χ1v) is 6.92. The van der Waals surface area contributed by atoms with Crippen LogP contribution in [-0.4, -0.2) is 20.7 Å². The smallest absolute Gasteiger partial charge is 0.144 e. The fourth-order valence-corrected chi connectivity index (χ4v) is 2.63. The lowest BCUT2D eigenvalue weighted by molar-refractivity contribution is 0.277. The summed E-state index contributed by atoms with van der Waals surface area (Å²) in [5.74, 6) is 1.27. The van der Waals surface area contributed by atoms with Gasteiger partial charge in [-0.2, -0.15) is 0 Å². The zero-order valence-corrected chi connectivity index (χ0v) is 12.0. The van der Waals surface area contributed by atoms with E-state index >= 15 is 0 Å². The summed E-state index contributed by atoms with van der Waals surface area (Å²) in [5, 5.41) is 0. The van der Waals surface area contributed by atoms with Crippen LogP contribution >= 0.6 is 0 Å². The van der Waals surface area contributed by atoms with Gasteiger partial charge in [-0.25, -0.2) is 0 Å². The number of anilines is 2. The minimum atomic E-state index is 0.494. The van der Waals surface area contributed by atoms with Crippen molar-refractivity contribution >= 4 is 11.4 Å². The molecule has 3 heteroatoms. The van der Waals surface area contributed by atoms with E-state index in [1.807, 2.05) is 37.2 Å². The molecule has 2 aromatic carbocycles. The summed E-state index contributed by atoms with van der Waals surface area (Å²) in [5.41, 5.74) is 10.6. The number of fused-ring (bicyclic) bond motifs is 1. The highest BCUT2D eigenvalue weighted by molar-refractivity contribution is 5.62. The number of nitrogens with two attached hydrogens (primary N) is 1. The molecule has 0 bridgehead atoms. The molecule has 20 heavy (non-hydrogen) atoms. The molecule has 1 aliphatic carbocycles. The van der Waals surface area contributed by atoms with Crippen molar-refractivity contribution in [2.75, 3.05) is 31.3 Å². The summed E-state index contributed by atoms with van der Waals surface area (Å²) in [7, 11) is 4.02. The van der Waals surface area contributed by atoms with Gasteiger partial charge < -0.3 is 15.4 Å². The number of hydrogen-bond acceptors (Lipinski definition) is 3. The lowest BCUT2D eigenvalue weighted by Crippen LogP contribution is -2.23. The molecule has 0 amide bonds. The second-order valence-corrected chi connectivity index (χ2v) is 5.53. The Morgan fingerprint density at radius 1 is 1.20 bits per heavy atom. The largest absolute Gasteiger partial charge is 0.491 e. The predicted molar refractivity (Wildman–Crippen MR) is 83.6 cm³/mol. The molecule has 1 atom stereocenters. The van der Waals surface area contributed by atoms with Crippen LogP contribution in [0.25, 0.3) is 0 Å². The lowest BCUT2D eigenvalue weighted by Gasteiger charge is -2.30. The number of benzene rings is 2. The van der Waals surface area contributed by atoms with Gasteiger partial charge in [0.25, 0.3) is 0 Å². The van der Waals surface area contributed by atoms with Crippen molar-refractivity contribution in [3.8, 4) is 5.75 Å². The SMILES string of the molecule is CN(C)c1ccc(N)c(OCC2Cc3ccccc32)c1. The first-order valence-electron chi connectivity index (χ1n) is 6.92. The molecular formula is C17H20N2O. The van der Waals surface area contributed by atoms with Crippen LogP contribution in [0.5, 0.6) is 5.75 Å². The second kappa shape index (κ2) is 5.08. The Kier molecular flexibility index (Phi) is 3.26. The molecule has 0 fully saturated rings. The summed E-state index contributed by atoms with van der Waals surface area (Å²) in [6, 6.07) is 14.5. The Morgan fingerprint density at radius 2 is 2.00 bits per heavy atom. The van der Waals surface area contributed by atoms with Crippen molar-refractivity contribution in [3.63, 3.8) is 0 Å². The second-order valence-electron chi connectivity index (χ2n) is 5.53. The van der Waals surface area contributed by atoms with Crippen LogP contribution in [0.1, 0.15) is 17.0 Å². The Balaban J connectivity index is 1.69. The van der Waals surface area contributed by atoms with Gasteiger partial charge in [-0.05, 0) is 29.7 Å². The molecule has 0 spiro atoms. The topological polar surface area (TPSA) is 38.5 Å². The summed E-state index contributed by atoms with van der Waals surface area (Å²) in [6.45, 7) is 0.693. The average Bonchev–Trinajstić information content (AvgIpc) is 2.41. The molecule has 3 nitrogen and oxygen atoms in total. The predicted octanol–water partition coefficient (Wildman–Crippen LogP) is 3.05. The zero-order chi connectivity index (χ0) is 14.1. The van der Waals surface area contributed by atoms with Gasteiger partial charge >= 0.3 is 0 Å². The summed E-state index contributed by atoms with van der Waals surface area (Å²) < 4.78 is 5.94. The van der Waals surface area contributed by atoms with Gasteiger partial charge in [-0.1, -0.05) is 24.3 Å². The molecule has 1 unspecified atom stereocenters. The minimum Gasteiger partial charge on any atom is -0.491 e. The van der Waals surface area contributed by atoms with E-state index in [0.717, 1.165) is 17.9 Å². The van der Waals surface area contributed by atoms with Gasteiger partial charge in [0.1, 0.15) is 5.75 Å². The van der Waals surface area contributed by atoms with Gasteiger partial charge in [0.15, 0.2) is 0 Å². The molecule has 0 saturated carbocycles. The molecule has 2 aromatic rings. The molecule has 0 aliphatic heterocycles. The average molecular weight is 268 g/mol. The zero-order valence-electron chi connectivity index (χ0n) is 12.0. The van der Waals surface area contributed by atoms with Crippen molar-refractivity contribution in [1.82, 2.24) is 0 Å². The van der Waals surface area contributed by atoms with Crippen molar-refractivity contribution < 1.29 is 4.74 Å². The Morgan fingerprint density at radius 3 is 2.75 bits per heavy atom. The van der Waals surface area contributed by atoms with Crippen LogP contribution < -0.4 is 15.4 Å². The number of rotatable bonds is 4. The van der Waals surface area contributed by atoms with Crippen molar-refractivity contribution in [3.05, 3.63) is 53.6 Å². The molecule has 104 valence electrons. The van der Waals surface area contributed by atoms with Crippen LogP contribution in [-0.2, 0) is 6.42 Å². The third-order valence-corrected chi connectivity index (χ3v) is 3.91. The Bertz CT molecular complexity index is 622. The highest BCUT2D eigenvalue weighted by atomic mass is 16.5. The third-order valence-electron chi connectivity index (χ3n) is 3.91. The van der Waals surface area contributed by atoms with E-state index in [2.05, 4.69) is 24.3 Å². The highest BCUT2D eigenvalue weighted by Crippen LogP contribution is 2.36. The normalized spacial score (nSPS) is 16.2. The van der Waals surface area contributed by atoms with E-state index in [-0.39, 0.29) is 0 Å². The molecule has 3 rings (SSSR count). The molecule has 0 heterocycles.